The number of aromatic nitrogens is 2. The lowest BCUT2D eigenvalue weighted by Gasteiger charge is -2.23. The van der Waals surface area contributed by atoms with Gasteiger partial charge in [0.15, 0.2) is 0 Å². The van der Waals surface area contributed by atoms with Crippen LogP contribution in [0.3, 0.4) is 0 Å². The van der Waals surface area contributed by atoms with Crippen LogP contribution in [0.15, 0.2) is 30.3 Å². The average Bonchev–Trinajstić information content (AvgIpc) is 3.16. The summed E-state index contributed by atoms with van der Waals surface area (Å²) in [5, 5.41) is 2.18. The lowest BCUT2D eigenvalue weighted by atomic mass is 10.2. The van der Waals surface area contributed by atoms with Crippen molar-refractivity contribution < 1.29 is 4.79 Å². The monoisotopic (exact) mass is 341 g/mol. The number of amides is 1. The van der Waals surface area contributed by atoms with Crippen LogP contribution in [0.1, 0.15) is 58.8 Å². The van der Waals surface area contributed by atoms with Crippen molar-refractivity contribution in [3.05, 3.63) is 51.6 Å². The van der Waals surface area contributed by atoms with Gasteiger partial charge in [-0.1, -0.05) is 32.0 Å². The largest absolute Gasteiger partial charge is 0.357 e. The number of carbonyl (C=O) groups excluding carboxylic acids is 1. The number of carbonyl (C=O) groups is 1. The van der Waals surface area contributed by atoms with Crippen molar-refractivity contribution in [2.75, 3.05) is 7.05 Å². The van der Waals surface area contributed by atoms with Gasteiger partial charge in [-0.05, 0) is 31.4 Å². The molecule has 0 aliphatic carbocycles. The molecule has 0 spiro atoms. The predicted molar refractivity (Wildman–Crippen MR) is 99.7 cm³/mol. The van der Waals surface area contributed by atoms with Crippen molar-refractivity contribution in [1.29, 1.82) is 0 Å². The van der Waals surface area contributed by atoms with Crippen molar-refractivity contribution in [1.82, 2.24) is 14.9 Å². The van der Waals surface area contributed by atoms with Crippen molar-refractivity contribution in [2.24, 2.45) is 0 Å². The number of hydrogen-bond donors (Lipinski definition) is 1. The van der Waals surface area contributed by atoms with Crippen LogP contribution >= 0.6 is 11.3 Å². The number of rotatable bonds is 4. The van der Waals surface area contributed by atoms with Gasteiger partial charge in [-0.15, -0.1) is 11.3 Å². The van der Waals surface area contributed by atoms with Crippen LogP contribution < -0.4 is 0 Å². The maximum atomic E-state index is 12.9. The first-order valence-electron chi connectivity index (χ1n) is 8.20. The third-order valence-corrected chi connectivity index (χ3v) is 5.85. The summed E-state index contributed by atoms with van der Waals surface area (Å²) in [6.45, 7) is 8.16. The molecule has 0 saturated carbocycles. The quantitative estimate of drug-likeness (QED) is 0.734. The van der Waals surface area contributed by atoms with E-state index in [0.29, 0.717) is 5.92 Å². The minimum absolute atomic E-state index is 0.0306. The summed E-state index contributed by atoms with van der Waals surface area (Å²) in [7, 11) is 1.85. The number of thiazole rings is 1. The molecule has 3 rings (SSSR count). The van der Waals surface area contributed by atoms with E-state index in [2.05, 4.69) is 42.0 Å². The highest BCUT2D eigenvalue weighted by atomic mass is 32.1. The Morgan fingerprint density at radius 1 is 1.25 bits per heavy atom. The first-order valence-corrected chi connectivity index (χ1v) is 9.02. The fraction of sp³-hybridized carbons (Fsp3) is 0.368. The molecule has 5 heteroatoms. The molecule has 126 valence electrons. The second-order valence-electron chi connectivity index (χ2n) is 6.53. The number of hydrogen-bond acceptors (Lipinski definition) is 3. The summed E-state index contributed by atoms with van der Waals surface area (Å²) < 4.78 is 0. The maximum Gasteiger partial charge on any atom is 0.266 e. The highest BCUT2D eigenvalue weighted by Crippen LogP contribution is 2.29. The Bertz CT molecular complexity index is 845. The first-order chi connectivity index (χ1) is 11.4. The standard InChI is InChI=1S/C19H23N3OS/c1-11(2)18-20-12(3)17(24-18)19(23)22(5)13(4)16-10-14-8-6-7-9-15(14)21-16/h6-11,13,21H,1-5H3/t13-/m0/s1. The second kappa shape index (κ2) is 6.40. The highest BCUT2D eigenvalue weighted by molar-refractivity contribution is 7.13. The van der Waals surface area contributed by atoms with Gasteiger partial charge in [0.2, 0.25) is 0 Å². The molecule has 0 unspecified atom stereocenters. The van der Waals surface area contributed by atoms with Crippen LogP contribution in [0, 0.1) is 6.92 Å². The SMILES string of the molecule is Cc1nc(C(C)C)sc1C(=O)N(C)[C@@H](C)c1cc2ccccc2[nH]1. The average molecular weight is 341 g/mol. The Hall–Kier alpha value is -2.14. The van der Waals surface area contributed by atoms with Crippen molar-refractivity contribution in [3.8, 4) is 0 Å². The molecule has 0 fully saturated rings. The lowest BCUT2D eigenvalue weighted by molar-refractivity contribution is 0.0744. The molecule has 1 amide bonds. The molecule has 0 bridgehead atoms. The third-order valence-electron chi connectivity index (χ3n) is 4.40. The fourth-order valence-corrected chi connectivity index (χ4v) is 3.78. The molecule has 3 aromatic rings. The maximum absolute atomic E-state index is 12.9. The number of nitrogens with one attached hydrogen (secondary N) is 1. The molecule has 0 radical (unpaired) electrons. The number of aromatic amines is 1. The zero-order valence-corrected chi connectivity index (χ0v) is 15.6. The van der Waals surface area contributed by atoms with E-state index in [0.717, 1.165) is 32.2 Å². The summed E-state index contributed by atoms with van der Waals surface area (Å²) in [5.41, 5.74) is 2.96. The van der Waals surface area contributed by atoms with Crippen molar-refractivity contribution in [3.63, 3.8) is 0 Å². The topological polar surface area (TPSA) is 49.0 Å². The van der Waals surface area contributed by atoms with E-state index in [1.54, 1.807) is 4.90 Å². The summed E-state index contributed by atoms with van der Waals surface area (Å²) in [5.74, 6) is 0.370. The number of nitrogens with zero attached hydrogens (tertiary/aromatic N) is 2. The number of para-hydroxylation sites is 1. The molecule has 1 aromatic carbocycles. The summed E-state index contributed by atoms with van der Waals surface area (Å²) in [6.07, 6.45) is 0. The van der Waals surface area contributed by atoms with Crippen LogP contribution in [0.4, 0.5) is 0 Å². The van der Waals surface area contributed by atoms with Gasteiger partial charge in [-0.3, -0.25) is 4.79 Å². The zero-order chi connectivity index (χ0) is 17.4. The normalized spacial score (nSPS) is 12.8. The fourth-order valence-electron chi connectivity index (χ4n) is 2.73. The molecule has 0 aliphatic rings. The van der Waals surface area contributed by atoms with Crippen molar-refractivity contribution >= 4 is 28.1 Å². The van der Waals surface area contributed by atoms with Gasteiger partial charge >= 0.3 is 0 Å². The van der Waals surface area contributed by atoms with Gasteiger partial charge in [0, 0.05) is 24.2 Å². The van der Waals surface area contributed by atoms with Gasteiger partial charge in [0.25, 0.3) is 5.91 Å². The molecule has 2 heterocycles. The molecule has 0 aliphatic heterocycles. The Labute approximate surface area is 146 Å². The van der Waals surface area contributed by atoms with Crippen LogP contribution in [0.2, 0.25) is 0 Å². The van der Waals surface area contributed by atoms with Crippen molar-refractivity contribution in [2.45, 2.75) is 39.7 Å². The van der Waals surface area contributed by atoms with Gasteiger partial charge in [-0.2, -0.15) is 0 Å². The van der Waals surface area contributed by atoms with E-state index < -0.39 is 0 Å². The van der Waals surface area contributed by atoms with E-state index in [-0.39, 0.29) is 11.9 Å². The molecule has 2 aromatic heterocycles. The van der Waals surface area contributed by atoms with E-state index in [1.165, 1.54) is 11.3 Å². The molecular weight excluding hydrogens is 318 g/mol. The Balaban J connectivity index is 1.87. The molecule has 1 N–H and O–H groups in total. The number of aryl methyl sites for hydroxylation is 1. The van der Waals surface area contributed by atoms with Crippen LogP contribution in [0.5, 0.6) is 0 Å². The molecule has 24 heavy (non-hydrogen) atoms. The van der Waals surface area contributed by atoms with Gasteiger partial charge in [0.05, 0.1) is 16.7 Å². The van der Waals surface area contributed by atoms with E-state index in [1.807, 2.05) is 33.0 Å². The Morgan fingerprint density at radius 2 is 1.96 bits per heavy atom. The highest BCUT2D eigenvalue weighted by Gasteiger charge is 2.24. The number of H-pyrrole nitrogens is 1. The molecular formula is C19H23N3OS. The molecule has 4 nitrogen and oxygen atoms in total. The third kappa shape index (κ3) is 2.96. The van der Waals surface area contributed by atoms with Crippen LogP contribution in [-0.2, 0) is 0 Å². The van der Waals surface area contributed by atoms with E-state index in [4.69, 9.17) is 0 Å². The Kier molecular flexibility index (Phi) is 4.45. The summed E-state index contributed by atoms with van der Waals surface area (Å²) in [6, 6.07) is 10.2. The first kappa shape index (κ1) is 16.7. The van der Waals surface area contributed by atoms with Crippen LogP contribution in [-0.4, -0.2) is 27.8 Å². The van der Waals surface area contributed by atoms with E-state index >= 15 is 0 Å². The summed E-state index contributed by atoms with van der Waals surface area (Å²) >= 11 is 1.51. The summed E-state index contributed by atoms with van der Waals surface area (Å²) in [4.78, 5) is 23.4. The number of benzene rings is 1. The number of fused-ring (bicyclic) bond motifs is 1. The smallest absolute Gasteiger partial charge is 0.266 e. The van der Waals surface area contributed by atoms with Gasteiger partial charge in [0.1, 0.15) is 4.88 Å². The Morgan fingerprint density at radius 3 is 2.58 bits per heavy atom. The van der Waals surface area contributed by atoms with Gasteiger partial charge < -0.3 is 9.88 Å². The molecule has 0 saturated heterocycles. The second-order valence-corrected chi connectivity index (χ2v) is 7.56. The molecule has 1 atom stereocenters. The minimum atomic E-state index is -0.0334. The van der Waals surface area contributed by atoms with E-state index in [9.17, 15) is 4.79 Å². The lowest BCUT2D eigenvalue weighted by Crippen LogP contribution is -2.29. The minimum Gasteiger partial charge on any atom is -0.357 e. The predicted octanol–water partition coefficient (Wildman–Crippen LogP) is 4.89. The van der Waals surface area contributed by atoms with Gasteiger partial charge in [-0.25, -0.2) is 4.98 Å². The van der Waals surface area contributed by atoms with Crippen LogP contribution in [0.25, 0.3) is 10.9 Å². The zero-order valence-electron chi connectivity index (χ0n) is 14.8.